The normalized spacial score (nSPS) is 16.6. The second-order valence-corrected chi connectivity index (χ2v) is 6.15. The van der Waals surface area contributed by atoms with Gasteiger partial charge in [0.2, 0.25) is 0 Å². The second kappa shape index (κ2) is 7.54. The maximum Gasteiger partial charge on any atom is 0.258 e. The van der Waals surface area contributed by atoms with Crippen LogP contribution in [0.25, 0.3) is 0 Å². The van der Waals surface area contributed by atoms with Crippen LogP contribution in [0.15, 0.2) is 18.2 Å². The van der Waals surface area contributed by atoms with Crippen LogP contribution in [-0.2, 0) is 4.79 Å². The third-order valence-corrected chi connectivity index (χ3v) is 4.13. The molecule has 0 saturated heterocycles. The molecular weight excluding hydrogens is 335 g/mol. The lowest BCUT2D eigenvalue weighted by Gasteiger charge is -2.29. The number of hydrogen-bond donors (Lipinski definition) is 2. The van der Waals surface area contributed by atoms with Gasteiger partial charge in [0.1, 0.15) is 5.75 Å². The van der Waals surface area contributed by atoms with Crippen LogP contribution in [0.1, 0.15) is 19.8 Å². The number of nitrogens with two attached hydrogens (primary N) is 1. The quantitative estimate of drug-likeness (QED) is 0.826. The molecule has 118 valence electrons. The molecule has 0 spiro atoms. The summed E-state index contributed by atoms with van der Waals surface area (Å²) in [5, 5.41) is 3.88. The summed E-state index contributed by atoms with van der Waals surface area (Å²) in [6.07, 6.45) is 2.21. The first-order valence-corrected chi connectivity index (χ1v) is 7.29. The van der Waals surface area contributed by atoms with E-state index in [0.717, 1.165) is 12.8 Å². The average Bonchev–Trinajstić information content (AvgIpc) is 3.24. The lowest BCUT2D eigenvalue weighted by atomic mass is 9.96. The minimum atomic E-state index is -0.349. The Morgan fingerprint density at radius 2 is 2.14 bits per heavy atom. The Kier molecular flexibility index (Phi) is 6.60. The summed E-state index contributed by atoms with van der Waals surface area (Å²) in [7, 11) is 0. The highest BCUT2D eigenvalue weighted by Gasteiger charge is 2.41. The van der Waals surface area contributed by atoms with Crippen molar-refractivity contribution in [2.75, 3.05) is 13.2 Å². The van der Waals surface area contributed by atoms with Crippen molar-refractivity contribution in [2.24, 2.45) is 11.7 Å². The molecule has 1 unspecified atom stereocenters. The molecule has 1 aromatic rings. The van der Waals surface area contributed by atoms with E-state index in [1.54, 1.807) is 18.2 Å². The van der Waals surface area contributed by atoms with E-state index in [0.29, 0.717) is 28.3 Å². The standard InChI is InChI=1S/C14H18Cl2N2O2.ClH/c1-14(8-17,9-2-3-9)18-13(19)7-20-12-6-10(15)4-5-11(12)16;/h4-6,9H,2-3,7-8,17H2,1H3,(H,18,19);1H. The van der Waals surface area contributed by atoms with E-state index >= 15 is 0 Å². The van der Waals surface area contributed by atoms with Gasteiger partial charge in [-0.05, 0) is 37.8 Å². The van der Waals surface area contributed by atoms with Crippen molar-refractivity contribution in [2.45, 2.75) is 25.3 Å². The van der Waals surface area contributed by atoms with Gasteiger partial charge in [0.25, 0.3) is 5.91 Å². The highest BCUT2D eigenvalue weighted by atomic mass is 35.5. The fourth-order valence-corrected chi connectivity index (χ4v) is 2.46. The molecule has 0 radical (unpaired) electrons. The first-order valence-electron chi connectivity index (χ1n) is 6.53. The zero-order valence-corrected chi connectivity index (χ0v) is 14.0. The Morgan fingerprint density at radius 3 is 2.71 bits per heavy atom. The number of carbonyl (C=O) groups is 1. The molecule has 4 nitrogen and oxygen atoms in total. The molecule has 2 rings (SSSR count). The van der Waals surface area contributed by atoms with Crippen LogP contribution in [0.5, 0.6) is 5.75 Å². The van der Waals surface area contributed by atoms with Crippen LogP contribution in [-0.4, -0.2) is 24.6 Å². The van der Waals surface area contributed by atoms with Gasteiger partial charge in [0.05, 0.1) is 10.6 Å². The molecule has 3 N–H and O–H groups in total. The summed E-state index contributed by atoms with van der Waals surface area (Å²) in [6, 6.07) is 4.88. The largest absolute Gasteiger partial charge is 0.482 e. The van der Waals surface area contributed by atoms with Crippen LogP contribution in [0.2, 0.25) is 10.0 Å². The zero-order valence-electron chi connectivity index (χ0n) is 11.7. The Balaban J connectivity index is 0.00000220. The van der Waals surface area contributed by atoms with Crippen molar-refractivity contribution in [1.29, 1.82) is 0 Å². The first-order chi connectivity index (χ1) is 9.44. The highest BCUT2D eigenvalue weighted by Crippen LogP contribution is 2.38. The molecule has 7 heteroatoms. The fraction of sp³-hybridized carbons (Fsp3) is 0.500. The number of halogens is 3. The zero-order chi connectivity index (χ0) is 14.8. The third kappa shape index (κ3) is 4.92. The van der Waals surface area contributed by atoms with Gasteiger partial charge in [0, 0.05) is 17.6 Å². The number of amides is 1. The number of nitrogens with one attached hydrogen (secondary N) is 1. The number of carbonyl (C=O) groups excluding carboxylic acids is 1. The molecule has 1 amide bonds. The van der Waals surface area contributed by atoms with E-state index in [1.807, 2.05) is 6.92 Å². The van der Waals surface area contributed by atoms with Gasteiger partial charge in [-0.25, -0.2) is 0 Å². The number of ether oxygens (including phenoxy) is 1. The van der Waals surface area contributed by atoms with E-state index in [1.165, 1.54) is 0 Å². The molecule has 0 heterocycles. The SMILES string of the molecule is CC(CN)(NC(=O)COc1cc(Cl)ccc1Cl)C1CC1.Cl. The van der Waals surface area contributed by atoms with Gasteiger partial charge >= 0.3 is 0 Å². The smallest absolute Gasteiger partial charge is 0.258 e. The Bertz CT molecular complexity index is 509. The van der Waals surface area contributed by atoms with Crippen molar-refractivity contribution in [1.82, 2.24) is 5.32 Å². The Morgan fingerprint density at radius 1 is 1.48 bits per heavy atom. The van der Waals surface area contributed by atoms with Gasteiger partial charge in [-0.1, -0.05) is 23.2 Å². The van der Waals surface area contributed by atoms with E-state index in [-0.39, 0.29) is 30.5 Å². The summed E-state index contributed by atoms with van der Waals surface area (Å²) < 4.78 is 5.40. The van der Waals surface area contributed by atoms with E-state index in [4.69, 9.17) is 33.7 Å². The predicted molar refractivity (Wildman–Crippen MR) is 87.5 cm³/mol. The maximum atomic E-state index is 12.0. The molecular formula is C14H19Cl3N2O2. The maximum absolute atomic E-state index is 12.0. The molecule has 0 bridgehead atoms. The van der Waals surface area contributed by atoms with Crippen molar-refractivity contribution in [3.05, 3.63) is 28.2 Å². The minimum absolute atomic E-state index is 0. The number of hydrogen-bond acceptors (Lipinski definition) is 3. The molecule has 1 fully saturated rings. The topological polar surface area (TPSA) is 64.3 Å². The molecule has 1 aliphatic rings. The van der Waals surface area contributed by atoms with E-state index < -0.39 is 0 Å². The molecule has 0 aromatic heterocycles. The van der Waals surface area contributed by atoms with Gasteiger partial charge in [0.15, 0.2) is 6.61 Å². The minimum Gasteiger partial charge on any atom is -0.482 e. The van der Waals surface area contributed by atoms with Gasteiger partial charge < -0.3 is 15.8 Å². The second-order valence-electron chi connectivity index (χ2n) is 5.31. The van der Waals surface area contributed by atoms with Gasteiger partial charge in [-0.15, -0.1) is 12.4 Å². The van der Waals surface area contributed by atoms with Crippen LogP contribution >= 0.6 is 35.6 Å². The molecule has 1 aliphatic carbocycles. The molecule has 1 atom stereocenters. The molecule has 21 heavy (non-hydrogen) atoms. The molecule has 1 saturated carbocycles. The third-order valence-electron chi connectivity index (χ3n) is 3.58. The van der Waals surface area contributed by atoms with Crippen LogP contribution in [0.4, 0.5) is 0 Å². The number of benzene rings is 1. The van der Waals surface area contributed by atoms with Crippen molar-refractivity contribution < 1.29 is 9.53 Å². The molecule has 0 aliphatic heterocycles. The first kappa shape index (κ1) is 18.4. The summed E-state index contributed by atoms with van der Waals surface area (Å²) >= 11 is 11.8. The van der Waals surface area contributed by atoms with Crippen LogP contribution < -0.4 is 15.8 Å². The monoisotopic (exact) mass is 352 g/mol. The van der Waals surface area contributed by atoms with Crippen molar-refractivity contribution in [3.63, 3.8) is 0 Å². The van der Waals surface area contributed by atoms with Crippen molar-refractivity contribution >= 4 is 41.5 Å². The summed E-state index contributed by atoms with van der Waals surface area (Å²) in [5.41, 5.74) is 5.40. The van der Waals surface area contributed by atoms with Gasteiger partial charge in [-0.3, -0.25) is 4.79 Å². The van der Waals surface area contributed by atoms with Gasteiger partial charge in [-0.2, -0.15) is 0 Å². The summed E-state index contributed by atoms with van der Waals surface area (Å²) in [6.45, 7) is 2.28. The lowest BCUT2D eigenvalue weighted by molar-refractivity contribution is -0.125. The highest BCUT2D eigenvalue weighted by molar-refractivity contribution is 6.34. The fourth-order valence-electron chi connectivity index (χ4n) is 2.13. The lowest BCUT2D eigenvalue weighted by Crippen LogP contribution is -2.54. The summed E-state index contributed by atoms with van der Waals surface area (Å²) in [4.78, 5) is 12.0. The van der Waals surface area contributed by atoms with Crippen LogP contribution in [0.3, 0.4) is 0 Å². The van der Waals surface area contributed by atoms with E-state index in [2.05, 4.69) is 5.32 Å². The molecule has 1 aromatic carbocycles. The van der Waals surface area contributed by atoms with E-state index in [9.17, 15) is 4.79 Å². The average molecular weight is 354 g/mol. The van der Waals surface area contributed by atoms with Crippen molar-refractivity contribution in [3.8, 4) is 5.75 Å². The summed E-state index contributed by atoms with van der Waals surface area (Å²) in [5.74, 6) is 0.655. The number of rotatable bonds is 6. The Labute approximate surface area is 140 Å². The predicted octanol–water partition coefficient (Wildman–Crippen LogP) is 3.04. The van der Waals surface area contributed by atoms with Crippen LogP contribution in [0, 0.1) is 5.92 Å². The Hall–Kier alpha value is -0.680.